The second-order valence-corrected chi connectivity index (χ2v) is 7.04. The molecule has 0 N–H and O–H groups in total. The third-order valence-corrected chi connectivity index (χ3v) is 5.03. The summed E-state index contributed by atoms with van der Waals surface area (Å²) >= 11 is 0. The van der Waals surface area contributed by atoms with Crippen LogP contribution in [-0.2, 0) is 4.79 Å². The molecular formula is C17H25N5O2. The van der Waals surface area contributed by atoms with Crippen molar-refractivity contribution in [1.29, 1.82) is 0 Å². The van der Waals surface area contributed by atoms with Crippen LogP contribution < -0.4 is 0 Å². The first kappa shape index (κ1) is 16.8. The van der Waals surface area contributed by atoms with E-state index in [0.29, 0.717) is 24.7 Å². The van der Waals surface area contributed by atoms with E-state index in [1.54, 1.807) is 19.3 Å². The van der Waals surface area contributed by atoms with Crippen LogP contribution in [0.25, 0.3) is 0 Å². The largest absolute Gasteiger partial charge is 0.337 e. The van der Waals surface area contributed by atoms with Gasteiger partial charge in [-0.05, 0) is 32.9 Å². The summed E-state index contributed by atoms with van der Waals surface area (Å²) in [5.41, 5.74) is 0.391. The number of nitrogens with zero attached hydrogens (tertiary/aromatic N) is 5. The van der Waals surface area contributed by atoms with Gasteiger partial charge >= 0.3 is 0 Å². The summed E-state index contributed by atoms with van der Waals surface area (Å²) in [7, 11) is 4.06. The van der Waals surface area contributed by atoms with Crippen molar-refractivity contribution < 1.29 is 9.59 Å². The minimum Gasteiger partial charge on any atom is -0.337 e. The van der Waals surface area contributed by atoms with Crippen LogP contribution in [0.1, 0.15) is 30.3 Å². The van der Waals surface area contributed by atoms with Crippen molar-refractivity contribution in [2.75, 3.05) is 33.7 Å². The predicted octanol–water partition coefficient (Wildman–Crippen LogP) is 0.490. The lowest BCUT2D eigenvalue weighted by molar-refractivity contribution is -0.132. The Hall–Kier alpha value is -2.02. The molecule has 3 rings (SSSR count). The Kier molecular flexibility index (Phi) is 4.80. The molecule has 2 fully saturated rings. The summed E-state index contributed by atoms with van der Waals surface area (Å²) in [5.74, 6) is 0.420. The number of carbonyl (C=O) groups is 2. The molecule has 0 bridgehead atoms. The fourth-order valence-electron chi connectivity index (χ4n) is 4.18. The number of fused-ring (bicyclic) bond motifs is 1. The van der Waals surface area contributed by atoms with Gasteiger partial charge in [0.15, 0.2) is 0 Å². The number of hydrogen-bond acceptors (Lipinski definition) is 5. The SMILES string of the molecule is CC(=O)N1[C@H](CN(C)C)C[C@@H]2CN(C(=O)c3cnccn3)CC[C@@H]21. The van der Waals surface area contributed by atoms with E-state index in [-0.39, 0.29) is 23.9 Å². The quantitative estimate of drug-likeness (QED) is 0.806. The Morgan fingerprint density at radius 1 is 1.33 bits per heavy atom. The van der Waals surface area contributed by atoms with Crippen molar-refractivity contribution in [2.45, 2.75) is 31.8 Å². The molecule has 7 nitrogen and oxygen atoms in total. The molecule has 0 radical (unpaired) electrons. The molecule has 2 saturated heterocycles. The fraction of sp³-hybridized carbons (Fsp3) is 0.647. The average molecular weight is 331 g/mol. The fourth-order valence-corrected chi connectivity index (χ4v) is 4.18. The molecule has 0 unspecified atom stereocenters. The number of rotatable bonds is 3. The first-order valence-corrected chi connectivity index (χ1v) is 8.46. The van der Waals surface area contributed by atoms with E-state index in [9.17, 15) is 9.59 Å². The predicted molar refractivity (Wildman–Crippen MR) is 89.3 cm³/mol. The summed E-state index contributed by atoms with van der Waals surface area (Å²) in [6.07, 6.45) is 6.41. The Bertz CT molecular complexity index is 606. The molecule has 2 amide bonds. The van der Waals surface area contributed by atoms with Crippen molar-refractivity contribution in [3.63, 3.8) is 0 Å². The van der Waals surface area contributed by atoms with E-state index >= 15 is 0 Å². The molecule has 0 saturated carbocycles. The Morgan fingerprint density at radius 2 is 2.12 bits per heavy atom. The average Bonchev–Trinajstić information content (AvgIpc) is 2.91. The zero-order valence-electron chi connectivity index (χ0n) is 14.6. The van der Waals surface area contributed by atoms with Gasteiger partial charge in [0.1, 0.15) is 5.69 Å². The third-order valence-electron chi connectivity index (χ3n) is 5.03. The van der Waals surface area contributed by atoms with Gasteiger partial charge in [-0.15, -0.1) is 0 Å². The van der Waals surface area contributed by atoms with E-state index < -0.39 is 0 Å². The summed E-state index contributed by atoms with van der Waals surface area (Å²) in [6.45, 7) is 3.87. The van der Waals surface area contributed by atoms with Gasteiger partial charge in [0, 0.05) is 51.0 Å². The van der Waals surface area contributed by atoms with Gasteiger partial charge in [-0.25, -0.2) is 4.98 Å². The maximum absolute atomic E-state index is 12.6. The van der Waals surface area contributed by atoms with Gasteiger partial charge in [-0.3, -0.25) is 14.6 Å². The van der Waals surface area contributed by atoms with E-state index in [1.807, 2.05) is 19.0 Å². The van der Waals surface area contributed by atoms with Crippen LogP contribution in [-0.4, -0.2) is 82.3 Å². The topological polar surface area (TPSA) is 69.6 Å². The molecule has 3 atom stereocenters. The van der Waals surface area contributed by atoms with Gasteiger partial charge in [0.2, 0.25) is 5.91 Å². The Morgan fingerprint density at radius 3 is 2.75 bits per heavy atom. The first-order valence-electron chi connectivity index (χ1n) is 8.46. The maximum Gasteiger partial charge on any atom is 0.274 e. The Balaban J connectivity index is 1.72. The van der Waals surface area contributed by atoms with Crippen LogP contribution in [0.2, 0.25) is 0 Å². The van der Waals surface area contributed by atoms with Gasteiger partial charge in [-0.2, -0.15) is 0 Å². The van der Waals surface area contributed by atoms with E-state index in [1.165, 1.54) is 6.20 Å². The van der Waals surface area contributed by atoms with Crippen LogP contribution >= 0.6 is 0 Å². The lowest BCUT2D eigenvalue weighted by atomic mass is 9.92. The lowest BCUT2D eigenvalue weighted by Crippen LogP contribution is -2.50. The number of hydrogen-bond donors (Lipinski definition) is 0. The second-order valence-electron chi connectivity index (χ2n) is 7.04. The number of aromatic nitrogens is 2. The zero-order valence-corrected chi connectivity index (χ0v) is 14.6. The van der Waals surface area contributed by atoms with E-state index in [0.717, 1.165) is 19.4 Å². The van der Waals surface area contributed by atoms with Crippen molar-refractivity contribution in [3.05, 3.63) is 24.3 Å². The summed E-state index contributed by atoms with van der Waals surface area (Å²) < 4.78 is 0. The number of likely N-dealkylation sites (tertiary alicyclic amines) is 2. The molecule has 1 aromatic heterocycles. The van der Waals surface area contributed by atoms with Crippen molar-refractivity contribution in [3.8, 4) is 0 Å². The molecule has 1 aromatic rings. The maximum atomic E-state index is 12.6. The van der Waals surface area contributed by atoms with Gasteiger partial charge in [0.25, 0.3) is 5.91 Å². The molecule has 7 heteroatoms. The number of likely N-dealkylation sites (N-methyl/N-ethyl adjacent to an activating group) is 1. The van der Waals surface area contributed by atoms with Gasteiger partial charge < -0.3 is 14.7 Å². The Labute approximate surface area is 142 Å². The van der Waals surface area contributed by atoms with Gasteiger partial charge in [-0.1, -0.05) is 0 Å². The number of carbonyl (C=O) groups excluding carboxylic acids is 2. The number of amides is 2. The normalized spacial score (nSPS) is 26.6. The highest BCUT2D eigenvalue weighted by molar-refractivity contribution is 5.92. The summed E-state index contributed by atoms with van der Waals surface area (Å²) in [4.78, 5) is 38.9. The summed E-state index contributed by atoms with van der Waals surface area (Å²) in [5, 5.41) is 0. The minimum atomic E-state index is -0.0630. The highest BCUT2D eigenvalue weighted by atomic mass is 16.2. The molecule has 24 heavy (non-hydrogen) atoms. The minimum absolute atomic E-state index is 0.0630. The van der Waals surface area contributed by atoms with Crippen molar-refractivity contribution in [2.24, 2.45) is 5.92 Å². The molecule has 130 valence electrons. The van der Waals surface area contributed by atoms with Crippen LogP contribution in [0.4, 0.5) is 0 Å². The van der Waals surface area contributed by atoms with Gasteiger partial charge in [0.05, 0.1) is 6.20 Å². The zero-order chi connectivity index (χ0) is 17.3. The first-order chi connectivity index (χ1) is 11.5. The molecular weight excluding hydrogens is 306 g/mol. The highest BCUT2D eigenvalue weighted by Crippen LogP contribution is 2.36. The number of piperidine rings is 1. The third kappa shape index (κ3) is 3.26. The lowest BCUT2D eigenvalue weighted by Gasteiger charge is -2.38. The monoisotopic (exact) mass is 331 g/mol. The van der Waals surface area contributed by atoms with Crippen molar-refractivity contribution in [1.82, 2.24) is 24.7 Å². The smallest absolute Gasteiger partial charge is 0.274 e. The molecule has 2 aliphatic heterocycles. The molecule has 0 aliphatic carbocycles. The van der Waals surface area contributed by atoms with Crippen LogP contribution in [0, 0.1) is 5.92 Å². The summed E-state index contributed by atoms with van der Waals surface area (Å²) in [6, 6.07) is 0.484. The van der Waals surface area contributed by atoms with Crippen LogP contribution in [0.15, 0.2) is 18.6 Å². The van der Waals surface area contributed by atoms with Crippen LogP contribution in [0.5, 0.6) is 0 Å². The van der Waals surface area contributed by atoms with E-state index in [4.69, 9.17) is 0 Å². The second kappa shape index (κ2) is 6.84. The molecule has 3 heterocycles. The highest BCUT2D eigenvalue weighted by Gasteiger charge is 2.45. The molecule has 2 aliphatic rings. The standard InChI is InChI=1S/C17H25N5O2/c1-12(23)22-14(11-20(2)3)8-13-10-21(7-4-16(13)22)17(24)15-9-18-5-6-19-15/h5-6,9,13-14,16H,4,7-8,10-11H2,1-3H3/t13-,14+,16+/m1/s1. The molecule has 0 spiro atoms. The molecule has 0 aromatic carbocycles. The van der Waals surface area contributed by atoms with Crippen molar-refractivity contribution >= 4 is 11.8 Å². The van der Waals surface area contributed by atoms with Crippen LogP contribution in [0.3, 0.4) is 0 Å². The van der Waals surface area contributed by atoms with E-state index in [2.05, 4.69) is 19.8 Å².